The van der Waals surface area contributed by atoms with Gasteiger partial charge in [-0.15, -0.1) is 0 Å². The normalized spacial score (nSPS) is 12.7. The molecule has 0 aliphatic carbocycles. The molecule has 1 aromatic heterocycles. The van der Waals surface area contributed by atoms with Gasteiger partial charge in [-0.2, -0.15) is 0 Å². The first kappa shape index (κ1) is 14.5. The minimum absolute atomic E-state index is 0.169. The summed E-state index contributed by atoms with van der Waals surface area (Å²) in [5.74, 6) is -0.0904. The average molecular weight is 278 g/mol. The van der Waals surface area contributed by atoms with E-state index in [4.69, 9.17) is 4.74 Å². The lowest BCUT2D eigenvalue weighted by Gasteiger charge is -2.17. The molecule has 0 fully saturated rings. The molecule has 2 N–H and O–H groups in total. The van der Waals surface area contributed by atoms with Crippen LogP contribution in [0.3, 0.4) is 0 Å². The summed E-state index contributed by atoms with van der Waals surface area (Å²) in [5, 5.41) is 13.8. The van der Waals surface area contributed by atoms with Gasteiger partial charge in [0.2, 0.25) is 0 Å². The Hall–Kier alpha value is -1.88. The van der Waals surface area contributed by atoms with Crippen molar-refractivity contribution in [2.24, 2.45) is 5.92 Å². The van der Waals surface area contributed by atoms with Crippen LogP contribution >= 0.6 is 0 Å². The molecule has 4 nitrogen and oxygen atoms in total. The summed E-state index contributed by atoms with van der Waals surface area (Å²) >= 11 is 0. The molecule has 20 heavy (non-hydrogen) atoms. The Balaban J connectivity index is 2.33. The number of fused-ring (bicyclic) bond motifs is 1. The lowest BCUT2D eigenvalue weighted by atomic mass is 10.1. The Kier molecular flexibility index (Phi) is 4.39. The van der Waals surface area contributed by atoms with Crippen molar-refractivity contribution >= 4 is 16.6 Å². The maximum absolute atomic E-state index is 13.6. The molecule has 0 amide bonds. The van der Waals surface area contributed by atoms with Crippen molar-refractivity contribution in [2.75, 3.05) is 19.0 Å². The number of benzene rings is 1. The third-order valence-electron chi connectivity index (χ3n) is 3.29. The first-order chi connectivity index (χ1) is 9.52. The van der Waals surface area contributed by atoms with Gasteiger partial charge in [0.25, 0.3) is 0 Å². The molecule has 0 aliphatic rings. The molecule has 0 bridgehead atoms. The highest BCUT2D eigenvalue weighted by Gasteiger charge is 2.12. The van der Waals surface area contributed by atoms with Gasteiger partial charge in [0.1, 0.15) is 0 Å². The van der Waals surface area contributed by atoms with Crippen LogP contribution in [0, 0.1) is 11.7 Å². The van der Waals surface area contributed by atoms with E-state index in [1.807, 2.05) is 13.8 Å². The second kappa shape index (κ2) is 6.05. The van der Waals surface area contributed by atoms with Crippen LogP contribution in [0.2, 0.25) is 0 Å². The number of aromatic nitrogens is 1. The summed E-state index contributed by atoms with van der Waals surface area (Å²) in [6.45, 7) is 4.33. The molecule has 1 aromatic carbocycles. The van der Waals surface area contributed by atoms with Crippen LogP contribution in [-0.2, 0) is 0 Å². The molecule has 0 spiro atoms. The number of pyridine rings is 1. The minimum atomic E-state index is -0.444. The maximum Gasteiger partial charge on any atom is 0.167 e. The number of hydrogen-bond donors (Lipinski definition) is 2. The SMILES string of the molecule is COc1cc2c(NCC(O)C(C)C)ccnc2cc1F. The molecule has 1 heterocycles. The Bertz CT molecular complexity index is 602. The van der Waals surface area contributed by atoms with Crippen LogP contribution in [-0.4, -0.2) is 29.8 Å². The first-order valence-electron chi connectivity index (χ1n) is 6.57. The van der Waals surface area contributed by atoms with Crippen molar-refractivity contribution in [3.8, 4) is 5.75 Å². The molecule has 1 atom stereocenters. The standard InChI is InChI=1S/C15H19FN2O2/c1-9(2)14(19)8-18-12-4-5-17-13-7-11(16)15(20-3)6-10(12)13/h4-7,9,14,19H,8H2,1-3H3,(H,17,18). The molecular weight excluding hydrogens is 259 g/mol. The first-order valence-corrected chi connectivity index (χ1v) is 6.57. The third kappa shape index (κ3) is 2.99. The number of aliphatic hydroxyl groups is 1. The lowest BCUT2D eigenvalue weighted by molar-refractivity contribution is 0.138. The van der Waals surface area contributed by atoms with Crippen molar-refractivity contribution < 1.29 is 14.2 Å². The number of anilines is 1. The average Bonchev–Trinajstić information content (AvgIpc) is 2.43. The maximum atomic E-state index is 13.6. The van der Waals surface area contributed by atoms with E-state index < -0.39 is 11.9 Å². The fourth-order valence-electron chi connectivity index (χ4n) is 1.91. The fraction of sp³-hybridized carbons (Fsp3) is 0.400. The topological polar surface area (TPSA) is 54.4 Å². The van der Waals surface area contributed by atoms with E-state index in [1.165, 1.54) is 13.2 Å². The molecule has 0 radical (unpaired) electrons. The Morgan fingerprint density at radius 3 is 2.80 bits per heavy atom. The molecule has 1 unspecified atom stereocenters. The number of nitrogens with one attached hydrogen (secondary N) is 1. The summed E-state index contributed by atoms with van der Waals surface area (Å²) in [6.07, 6.45) is 1.17. The van der Waals surface area contributed by atoms with E-state index in [1.54, 1.807) is 18.3 Å². The number of aliphatic hydroxyl groups excluding tert-OH is 1. The monoisotopic (exact) mass is 278 g/mol. The Labute approximate surface area is 117 Å². The van der Waals surface area contributed by atoms with Gasteiger partial charge in [-0.05, 0) is 18.1 Å². The highest BCUT2D eigenvalue weighted by molar-refractivity contribution is 5.92. The zero-order chi connectivity index (χ0) is 14.7. The van der Waals surface area contributed by atoms with Gasteiger partial charge in [0, 0.05) is 29.9 Å². The number of halogens is 1. The van der Waals surface area contributed by atoms with E-state index in [-0.39, 0.29) is 11.7 Å². The van der Waals surface area contributed by atoms with E-state index in [0.717, 1.165) is 11.1 Å². The number of ether oxygens (including phenoxy) is 1. The summed E-state index contributed by atoms with van der Waals surface area (Å²) in [7, 11) is 1.43. The van der Waals surface area contributed by atoms with Gasteiger partial charge >= 0.3 is 0 Å². The predicted octanol–water partition coefficient (Wildman–Crippen LogP) is 2.81. The Morgan fingerprint density at radius 2 is 2.15 bits per heavy atom. The molecule has 108 valence electrons. The molecular formula is C15H19FN2O2. The van der Waals surface area contributed by atoms with E-state index in [0.29, 0.717) is 12.1 Å². The van der Waals surface area contributed by atoms with E-state index >= 15 is 0 Å². The summed E-state index contributed by atoms with van der Waals surface area (Å²) in [5.41, 5.74) is 1.35. The molecule has 0 saturated carbocycles. The molecule has 0 aliphatic heterocycles. The van der Waals surface area contributed by atoms with Gasteiger partial charge in [-0.25, -0.2) is 4.39 Å². The molecule has 2 rings (SSSR count). The van der Waals surface area contributed by atoms with Gasteiger partial charge in [-0.3, -0.25) is 4.98 Å². The van der Waals surface area contributed by atoms with Crippen LogP contribution < -0.4 is 10.1 Å². The van der Waals surface area contributed by atoms with E-state index in [9.17, 15) is 9.50 Å². The highest BCUT2D eigenvalue weighted by Crippen LogP contribution is 2.28. The molecule has 0 saturated heterocycles. The largest absolute Gasteiger partial charge is 0.494 e. The number of nitrogens with zero attached hydrogens (tertiary/aromatic N) is 1. The highest BCUT2D eigenvalue weighted by atomic mass is 19.1. The predicted molar refractivity (Wildman–Crippen MR) is 77.6 cm³/mol. The van der Waals surface area contributed by atoms with Crippen molar-refractivity contribution in [1.82, 2.24) is 4.98 Å². The summed E-state index contributed by atoms with van der Waals surface area (Å²) < 4.78 is 18.6. The second-order valence-electron chi connectivity index (χ2n) is 5.05. The number of methoxy groups -OCH3 is 1. The van der Waals surface area contributed by atoms with Crippen molar-refractivity contribution in [1.29, 1.82) is 0 Å². The van der Waals surface area contributed by atoms with Gasteiger partial charge in [-0.1, -0.05) is 13.8 Å². The zero-order valence-electron chi connectivity index (χ0n) is 11.9. The van der Waals surface area contributed by atoms with Gasteiger partial charge < -0.3 is 15.2 Å². The minimum Gasteiger partial charge on any atom is -0.494 e. The smallest absolute Gasteiger partial charge is 0.167 e. The summed E-state index contributed by atoms with van der Waals surface area (Å²) in [4.78, 5) is 4.14. The van der Waals surface area contributed by atoms with Crippen molar-refractivity contribution in [3.05, 3.63) is 30.2 Å². The summed E-state index contributed by atoms with van der Waals surface area (Å²) in [6, 6.07) is 4.76. The van der Waals surface area contributed by atoms with E-state index in [2.05, 4.69) is 10.3 Å². The van der Waals surface area contributed by atoms with Gasteiger partial charge in [0.05, 0.1) is 18.7 Å². The van der Waals surface area contributed by atoms with Crippen LogP contribution in [0.25, 0.3) is 10.9 Å². The third-order valence-corrected chi connectivity index (χ3v) is 3.29. The van der Waals surface area contributed by atoms with Crippen LogP contribution in [0.15, 0.2) is 24.4 Å². The van der Waals surface area contributed by atoms with Gasteiger partial charge in [0.15, 0.2) is 11.6 Å². The van der Waals surface area contributed by atoms with Crippen LogP contribution in [0.1, 0.15) is 13.8 Å². The van der Waals surface area contributed by atoms with Crippen molar-refractivity contribution in [3.63, 3.8) is 0 Å². The number of rotatable bonds is 5. The fourth-order valence-corrected chi connectivity index (χ4v) is 1.91. The molecule has 5 heteroatoms. The van der Waals surface area contributed by atoms with Crippen LogP contribution in [0.4, 0.5) is 10.1 Å². The Morgan fingerprint density at radius 1 is 1.40 bits per heavy atom. The second-order valence-corrected chi connectivity index (χ2v) is 5.05. The number of hydrogen-bond acceptors (Lipinski definition) is 4. The zero-order valence-corrected chi connectivity index (χ0v) is 11.9. The molecule has 2 aromatic rings. The van der Waals surface area contributed by atoms with Crippen LogP contribution in [0.5, 0.6) is 5.75 Å². The lowest BCUT2D eigenvalue weighted by Crippen LogP contribution is -2.24. The van der Waals surface area contributed by atoms with Crippen molar-refractivity contribution in [2.45, 2.75) is 20.0 Å². The quantitative estimate of drug-likeness (QED) is 0.883.